The second-order valence-corrected chi connectivity index (χ2v) is 2.21. The summed E-state index contributed by atoms with van der Waals surface area (Å²) in [5, 5.41) is 0. The Morgan fingerprint density at radius 1 is 1.90 bits per heavy atom. The standard InChI is InChI=1S/C8H8BrN/c1-7-2-3-8(4-5-9)6-10-7/h2-6H,1H3/b5-4+/i1D3,3D. The largest absolute Gasteiger partial charge is 0.261 e. The predicted octanol–water partition coefficient (Wildman–Crippen LogP) is 2.76. The fourth-order valence-electron chi connectivity index (χ4n) is 0.524. The molecule has 2 heteroatoms. The third kappa shape index (κ3) is 1.95. The normalized spacial score (nSPS) is 17.7. The third-order valence-corrected chi connectivity index (χ3v) is 1.23. The Morgan fingerprint density at radius 3 is 3.40 bits per heavy atom. The Morgan fingerprint density at radius 2 is 2.80 bits per heavy atom. The van der Waals surface area contributed by atoms with Gasteiger partial charge in [-0.1, -0.05) is 22.0 Å². The number of hydrogen-bond donors (Lipinski definition) is 0. The van der Waals surface area contributed by atoms with Crippen LogP contribution in [-0.4, -0.2) is 4.98 Å². The van der Waals surface area contributed by atoms with Crippen molar-refractivity contribution < 1.29 is 5.48 Å². The number of nitrogens with zero attached hydrogens (tertiary/aromatic N) is 1. The number of pyridine rings is 1. The maximum Gasteiger partial charge on any atom is 0.0630 e. The van der Waals surface area contributed by atoms with Crippen LogP contribution < -0.4 is 0 Å². The lowest BCUT2D eigenvalue weighted by molar-refractivity contribution is 1.19. The van der Waals surface area contributed by atoms with Gasteiger partial charge >= 0.3 is 0 Å². The topological polar surface area (TPSA) is 12.9 Å². The van der Waals surface area contributed by atoms with Gasteiger partial charge in [0.1, 0.15) is 0 Å². The van der Waals surface area contributed by atoms with Crippen molar-refractivity contribution in [2.75, 3.05) is 0 Å². The fraction of sp³-hybridized carbons (Fsp3) is 0.125. The second kappa shape index (κ2) is 3.52. The fourth-order valence-corrected chi connectivity index (χ4v) is 0.809. The summed E-state index contributed by atoms with van der Waals surface area (Å²) in [5.41, 5.74) is 0.532. The highest BCUT2D eigenvalue weighted by atomic mass is 79.9. The first-order chi connectivity index (χ1) is 6.45. The Labute approximate surface area is 74.5 Å². The molecular formula is C8H8BrN. The van der Waals surface area contributed by atoms with Gasteiger partial charge in [0.2, 0.25) is 0 Å². The van der Waals surface area contributed by atoms with Crippen LogP contribution in [0.2, 0.25) is 0 Å². The smallest absolute Gasteiger partial charge is 0.0630 e. The monoisotopic (exact) mass is 201 g/mol. The lowest BCUT2D eigenvalue weighted by atomic mass is 10.2. The highest BCUT2D eigenvalue weighted by Gasteiger charge is 1.84. The van der Waals surface area contributed by atoms with Gasteiger partial charge in [0, 0.05) is 16.0 Å². The molecule has 0 spiro atoms. The number of hydrogen-bond acceptors (Lipinski definition) is 1. The summed E-state index contributed by atoms with van der Waals surface area (Å²) in [6.45, 7) is -2.24. The molecule has 52 valence electrons. The van der Waals surface area contributed by atoms with Crippen LogP contribution in [0.15, 0.2) is 23.3 Å². The second-order valence-electron chi connectivity index (χ2n) is 1.68. The van der Waals surface area contributed by atoms with E-state index in [4.69, 9.17) is 5.48 Å². The van der Waals surface area contributed by atoms with Gasteiger partial charge in [0.05, 0.1) is 1.37 Å². The molecule has 0 amide bonds. The molecule has 0 N–H and O–H groups in total. The maximum atomic E-state index is 7.53. The molecule has 0 saturated heterocycles. The minimum absolute atomic E-state index is 0.0470. The Hall–Kier alpha value is -0.630. The van der Waals surface area contributed by atoms with Crippen molar-refractivity contribution in [2.45, 2.75) is 6.85 Å². The van der Waals surface area contributed by atoms with Gasteiger partial charge in [-0.05, 0) is 29.5 Å². The molecule has 0 unspecified atom stereocenters. The molecule has 0 aliphatic rings. The zero-order chi connectivity index (χ0) is 10.8. The van der Waals surface area contributed by atoms with E-state index in [1.807, 2.05) is 0 Å². The first kappa shape index (κ1) is 3.67. The molecule has 1 heterocycles. The van der Waals surface area contributed by atoms with Crippen LogP contribution in [-0.2, 0) is 0 Å². The van der Waals surface area contributed by atoms with Crippen molar-refractivity contribution in [3.63, 3.8) is 0 Å². The van der Waals surface area contributed by atoms with E-state index in [1.165, 1.54) is 12.3 Å². The molecule has 1 nitrogen and oxygen atoms in total. The molecule has 0 saturated carbocycles. The molecule has 0 radical (unpaired) electrons. The average molecular weight is 202 g/mol. The third-order valence-electron chi connectivity index (χ3n) is 0.961. The molecule has 0 aromatic carbocycles. The highest BCUT2D eigenvalue weighted by Crippen LogP contribution is 2.02. The Bertz CT molecular complexity index is 359. The first-order valence-electron chi connectivity index (χ1n) is 4.69. The lowest BCUT2D eigenvalue weighted by Gasteiger charge is -1.91. The zero-order valence-electron chi connectivity index (χ0n) is 9.13. The summed E-state index contributed by atoms with van der Waals surface area (Å²) >= 11 is 3.08. The van der Waals surface area contributed by atoms with E-state index in [0.29, 0.717) is 5.56 Å². The molecule has 1 rings (SSSR count). The lowest BCUT2D eigenvalue weighted by Crippen LogP contribution is -1.79. The summed E-state index contributed by atoms with van der Waals surface area (Å²) in [6.07, 6.45) is 3.01. The van der Waals surface area contributed by atoms with E-state index >= 15 is 0 Å². The molecule has 0 bridgehead atoms. The molecule has 0 aliphatic heterocycles. The molecule has 1 aromatic heterocycles. The van der Waals surface area contributed by atoms with E-state index < -0.39 is 6.85 Å². The van der Waals surface area contributed by atoms with Crippen molar-refractivity contribution in [1.29, 1.82) is 0 Å². The maximum absolute atomic E-state index is 7.53. The van der Waals surface area contributed by atoms with Crippen molar-refractivity contribution >= 4 is 22.0 Å². The first-order valence-corrected chi connectivity index (χ1v) is 3.60. The van der Waals surface area contributed by atoms with Crippen LogP contribution in [0, 0.1) is 6.85 Å². The van der Waals surface area contributed by atoms with Gasteiger partial charge in [-0.3, -0.25) is 4.98 Å². The van der Waals surface area contributed by atoms with Crippen molar-refractivity contribution in [3.05, 3.63) is 34.5 Å². The Balaban J connectivity index is 3.13. The van der Waals surface area contributed by atoms with Crippen LogP contribution in [0.4, 0.5) is 0 Å². The zero-order valence-corrected chi connectivity index (χ0v) is 6.72. The van der Waals surface area contributed by atoms with Crippen molar-refractivity contribution in [1.82, 2.24) is 4.98 Å². The van der Waals surface area contributed by atoms with Crippen LogP contribution in [0.1, 0.15) is 16.7 Å². The van der Waals surface area contributed by atoms with E-state index in [9.17, 15) is 0 Å². The minimum atomic E-state index is -2.24. The van der Waals surface area contributed by atoms with Crippen LogP contribution in [0.3, 0.4) is 0 Å². The van der Waals surface area contributed by atoms with Gasteiger partial charge in [-0.2, -0.15) is 0 Å². The molecule has 0 fully saturated rings. The highest BCUT2D eigenvalue weighted by molar-refractivity contribution is 9.11. The number of aryl methyl sites for hydroxylation is 1. The van der Waals surface area contributed by atoms with Gasteiger partial charge in [0.25, 0.3) is 0 Å². The molecule has 1 aromatic rings. The van der Waals surface area contributed by atoms with Crippen molar-refractivity contribution in [2.24, 2.45) is 0 Å². The SMILES string of the molecule is [2H]c1cc(C([2H])([2H])[2H])ncc1/C=C/Br. The summed E-state index contributed by atoms with van der Waals surface area (Å²) in [4.78, 5) is 5.37. The van der Waals surface area contributed by atoms with Gasteiger partial charge < -0.3 is 0 Å². The molecule has 0 aliphatic carbocycles. The summed E-state index contributed by atoms with van der Waals surface area (Å²) in [6, 6.07) is 1.41. The molecular weight excluding hydrogens is 190 g/mol. The van der Waals surface area contributed by atoms with Gasteiger partial charge in [0.15, 0.2) is 0 Å². The number of rotatable bonds is 1. The minimum Gasteiger partial charge on any atom is -0.261 e. The van der Waals surface area contributed by atoms with Crippen LogP contribution in [0.25, 0.3) is 6.08 Å². The molecule has 10 heavy (non-hydrogen) atoms. The van der Waals surface area contributed by atoms with E-state index in [0.717, 1.165) is 0 Å². The van der Waals surface area contributed by atoms with E-state index in [-0.39, 0.29) is 11.7 Å². The molecule has 0 atom stereocenters. The summed E-state index contributed by atoms with van der Waals surface area (Å²) in [7, 11) is 0. The Kier molecular flexibility index (Phi) is 1.29. The quantitative estimate of drug-likeness (QED) is 0.682. The van der Waals surface area contributed by atoms with Crippen molar-refractivity contribution in [3.8, 4) is 0 Å². The predicted molar refractivity (Wildman–Crippen MR) is 46.9 cm³/mol. The number of halogens is 1. The van der Waals surface area contributed by atoms with E-state index in [2.05, 4.69) is 20.9 Å². The average Bonchev–Trinajstić information content (AvgIpc) is 2.07. The summed E-state index contributed by atoms with van der Waals surface area (Å²) < 4.78 is 28.8. The van der Waals surface area contributed by atoms with Crippen LogP contribution >= 0.6 is 15.9 Å². The number of aromatic nitrogens is 1. The van der Waals surface area contributed by atoms with E-state index in [1.54, 1.807) is 11.1 Å². The van der Waals surface area contributed by atoms with Gasteiger partial charge in [-0.15, -0.1) is 0 Å². The summed E-state index contributed by atoms with van der Waals surface area (Å²) in [5.74, 6) is 0. The van der Waals surface area contributed by atoms with Gasteiger partial charge in [-0.25, -0.2) is 0 Å². The van der Waals surface area contributed by atoms with Crippen LogP contribution in [0.5, 0.6) is 0 Å².